The summed E-state index contributed by atoms with van der Waals surface area (Å²) in [5.41, 5.74) is 2.24. The fourth-order valence-corrected chi connectivity index (χ4v) is 1.94. The second-order valence-electron chi connectivity index (χ2n) is 4.28. The van der Waals surface area contributed by atoms with Gasteiger partial charge in [-0.2, -0.15) is 5.10 Å². The van der Waals surface area contributed by atoms with Crippen LogP contribution in [-0.4, -0.2) is 15.8 Å². The highest BCUT2D eigenvalue weighted by Gasteiger charge is 2.08. The van der Waals surface area contributed by atoms with Crippen LogP contribution in [0.1, 0.15) is 19.0 Å². The lowest BCUT2D eigenvalue weighted by Crippen LogP contribution is -2.25. The second-order valence-corrected chi connectivity index (χ2v) is 4.28. The van der Waals surface area contributed by atoms with E-state index in [2.05, 4.69) is 35.4 Å². The van der Waals surface area contributed by atoms with E-state index in [1.807, 2.05) is 23.9 Å². The molecule has 0 aliphatic rings. The first kappa shape index (κ1) is 11.7. The summed E-state index contributed by atoms with van der Waals surface area (Å²) < 4.78 is 1.91. The van der Waals surface area contributed by atoms with E-state index in [4.69, 9.17) is 6.42 Å². The number of para-hydroxylation sites is 1. The summed E-state index contributed by atoms with van der Waals surface area (Å²) in [5.74, 6) is 2.66. The molecule has 0 fully saturated rings. The zero-order valence-electron chi connectivity index (χ0n) is 10.3. The number of aryl methyl sites for hydroxylation is 1. The summed E-state index contributed by atoms with van der Waals surface area (Å²) in [4.78, 5) is 0. The Labute approximate surface area is 102 Å². The van der Waals surface area contributed by atoms with Crippen molar-refractivity contribution in [3.8, 4) is 12.3 Å². The van der Waals surface area contributed by atoms with Crippen molar-refractivity contribution in [1.29, 1.82) is 0 Å². The maximum absolute atomic E-state index is 5.28. The average Bonchev–Trinajstić information content (AvgIpc) is 2.65. The first-order valence-corrected chi connectivity index (χ1v) is 5.80. The highest BCUT2D eigenvalue weighted by molar-refractivity contribution is 5.81. The molecular weight excluding hydrogens is 210 g/mol. The minimum absolute atomic E-state index is 0.320. The molecule has 88 valence electrons. The quantitative estimate of drug-likeness (QED) is 0.810. The maximum atomic E-state index is 5.28. The summed E-state index contributed by atoms with van der Waals surface area (Å²) in [6, 6.07) is 8.57. The van der Waals surface area contributed by atoms with E-state index in [1.165, 1.54) is 5.39 Å². The Balaban J connectivity index is 2.17. The average molecular weight is 227 g/mol. The topological polar surface area (TPSA) is 29.9 Å². The smallest absolute Gasteiger partial charge is 0.0841 e. The molecule has 3 heteroatoms. The molecule has 0 saturated carbocycles. The number of hydrogen-bond donors (Lipinski definition) is 1. The number of terminal acetylenes is 1. The fraction of sp³-hybridized carbons (Fsp3) is 0.357. The highest BCUT2D eigenvalue weighted by atomic mass is 15.3. The van der Waals surface area contributed by atoms with Crippen LogP contribution in [0.25, 0.3) is 10.9 Å². The Hall–Kier alpha value is -1.79. The van der Waals surface area contributed by atoms with Crippen molar-refractivity contribution in [2.45, 2.75) is 25.9 Å². The van der Waals surface area contributed by atoms with Crippen LogP contribution in [0.3, 0.4) is 0 Å². The highest BCUT2D eigenvalue weighted by Crippen LogP contribution is 2.17. The van der Waals surface area contributed by atoms with E-state index in [-0.39, 0.29) is 0 Å². The summed E-state index contributed by atoms with van der Waals surface area (Å²) in [6.45, 7) is 2.84. The Morgan fingerprint density at radius 1 is 1.47 bits per heavy atom. The molecule has 0 radical (unpaired) electrons. The van der Waals surface area contributed by atoms with Gasteiger partial charge in [0.25, 0.3) is 0 Å². The minimum Gasteiger partial charge on any atom is -0.308 e. The number of nitrogens with zero attached hydrogens (tertiary/aromatic N) is 2. The van der Waals surface area contributed by atoms with Crippen molar-refractivity contribution >= 4 is 10.9 Å². The van der Waals surface area contributed by atoms with Crippen molar-refractivity contribution in [3.63, 3.8) is 0 Å². The lowest BCUT2D eigenvalue weighted by Gasteiger charge is -2.08. The first-order valence-electron chi connectivity index (χ1n) is 5.80. The summed E-state index contributed by atoms with van der Waals surface area (Å²) in [7, 11) is 1.97. The molecule has 3 nitrogen and oxygen atoms in total. The Bertz CT molecular complexity index is 548. The zero-order valence-corrected chi connectivity index (χ0v) is 10.3. The fourth-order valence-electron chi connectivity index (χ4n) is 1.94. The molecule has 2 aromatic rings. The summed E-state index contributed by atoms with van der Waals surface area (Å²) in [5, 5.41) is 9.12. The van der Waals surface area contributed by atoms with E-state index >= 15 is 0 Å². The Kier molecular flexibility index (Phi) is 3.46. The van der Waals surface area contributed by atoms with Crippen LogP contribution < -0.4 is 5.32 Å². The number of hydrogen-bond acceptors (Lipinski definition) is 2. The van der Waals surface area contributed by atoms with Crippen molar-refractivity contribution in [1.82, 2.24) is 15.1 Å². The predicted octanol–water partition coefficient (Wildman–Crippen LogP) is 2.07. The van der Waals surface area contributed by atoms with Gasteiger partial charge in [-0.1, -0.05) is 18.2 Å². The monoisotopic (exact) mass is 227 g/mol. The van der Waals surface area contributed by atoms with Crippen molar-refractivity contribution < 1.29 is 0 Å². The van der Waals surface area contributed by atoms with Gasteiger partial charge in [0, 0.05) is 31.4 Å². The van der Waals surface area contributed by atoms with Crippen molar-refractivity contribution in [2.24, 2.45) is 7.05 Å². The minimum atomic E-state index is 0.320. The van der Waals surface area contributed by atoms with Gasteiger partial charge in [0.2, 0.25) is 0 Å². The second kappa shape index (κ2) is 5.03. The largest absolute Gasteiger partial charge is 0.308 e. The third-order valence-corrected chi connectivity index (χ3v) is 2.88. The van der Waals surface area contributed by atoms with Crippen LogP contribution in [0.15, 0.2) is 24.3 Å². The standard InChI is InChI=1S/C14H17N3/c1-4-7-11(2)15-10-13-12-8-5-6-9-14(12)17(3)16-13/h1,5-6,8-9,11,15H,7,10H2,2-3H3. The molecule has 1 aromatic heterocycles. The van der Waals surface area contributed by atoms with Crippen LogP contribution in [0.5, 0.6) is 0 Å². The predicted molar refractivity (Wildman–Crippen MR) is 70.5 cm³/mol. The molecule has 0 amide bonds. The third kappa shape index (κ3) is 2.48. The molecule has 2 rings (SSSR count). The van der Waals surface area contributed by atoms with Crippen LogP contribution >= 0.6 is 0 Å². The number of fused-ring (bicyclic) bond motifs is 1. The van der Waals surface area contributed by atoms with Crippen molar-refractivity contribution in [3.05, 3.63) is 30.0 Å². The van der Waals surface area contributed by atoms with E-state index < -0.39 is 0 Å². The number of aromatic nitrogens is 2. The van der Waals surface area contributed by atoms with Crippen LogP contribution in [-0.2, 0) is 13.6 Å². The lowest BCUT2D eigenvalue weighted by atomic mass is 10.2. The van der Waals surface area contributed by atoms with E-state index in [0.29, 0.717) is 6.04 Å². The Morgan fingerprint density at radius 3 is 3.00 bits per heavy atom. The van der Waals surface area contributed by atoms with Gasteiger partial charge in [-0.25, -0.2) is 0 Å². The lowest BCUT2D eigenvalue weighted by molar-refractivity contribution is 0.550. The molecule has 0 bridgehead atoms. The van der Waals surface area contributed by atoms with E-state index in [9.17, 15) is 0 Å². The van der Waals surface area contributed by atoms with Crippen LogP contribution in [0, 0.1) is 12.3 Å². The molecule has 17 heavy (non-hydrogen) atoms. The third-order valence-electron chi connectivity index (χ3n) is 2.88. The van der Waals surface area contributed by atoms with Gasteiger partial charge in [0.1, 0.15) is 0 Å². The van der Waals surface area contributed by atoms with Gasteiger partial charge in [-0.3, -0.25) is 4.68 Å². The van der Waals surface area contributed by atoms with Crippen molar-refractivity contribution in [2.75, 3.05) is 0 Å². The maximum Gasteiger partial charge on any atom is 0.0841 e. The molecule has 0 spiro atoms. The van der Waals surface area contributed by atoms with Gasteiger partial charge in [0.15, 0.2) is 0 Å². The number of benzene rings is 1. The molecule has 1 N–H and O–H groups in total. The molecule has 0 aliphatic carbocycles. The van der Waals surface area contributed by atoms with Gasteiger partial charge < -0.3 is 5.32 Å². The van der Waals surface area contributed by atoms with E-state index in [1.54, 1.807) is 0 Å². The molecule has 1 heterocycles. The SMILES string of the molecule is C#CCC(C)NCc1nn(C)c2ccccc12. The molecule has 1 atom stereocenters. The molecule has 1 unspecified atom stereocenters. The summed E-state index contributed by atoms with van der Waals surface area (Å²) >= 11 is 0. The van der Waals surface area contributed by atoms with Gasteiger partial charge in [0.05, 0.1) is 11.2 Å². The molecule has 1 aromatic carbocycles. The Morgan fingerprint density at radius 2 is 2.24 bits per heavy atom. The number of nitrogens with one attached hydrogen (secondary N) is 1. The number of rotatable bonds is 4. The molecule has 0 saturated heterocycles. The van der Waals surface area contributed by atoms with Gasteiger partial charge in [-0.05, 0) is 13.0 Å². The van der Waals surface area contributed by atoms with E-state index in [0.717, 1.165) is 24.2 Å². The van der Waals surface area contributed by atoms with Gasteiger partial charge in [-0.15, -0.1) is 12.3 Å². The normalized spacial score (nSPS) is 12.5. The summed E-state index contributed by atoms with van der Waals surface area (Å²) in [6.07, 6.45) is 6.02. The molecule has 0 aliphatic heterocycles. The van der Waals surface area contributed by atoms with Gasteiger partial charge >= 0.3 is 0 Å². The zero-order chi connectivity index (χ0) is 12.3. The van der Waals surface area contributed by atoms with Crippen LogP contribution in [0.2, 0.25) is 0 Å². The van der Waals surface area contributed by atoms with Crippen LogP contribution in [0.4, 0.5) is 0 Å². The first-order chi connectivity index (χ1) is 8.22. The molecular formula is C14H17N3.